The summed E-state index contributed by atoms with van der Waals surface area (Å²) in [4.78, 5) is 25.9. The van der Waals surface area contributed by atoms with Crippen molar-refractivity contribution in [3.05, 3.63) is 81.1 Å². The highest BCUT2D eigenvalue weighted by molar-refractivity contribution is 7.89. The van der Waals surface area contributed by atoms with Gasteiger partial charge >= 0.3 is 0 Å². The molecule has 34 heavy (non-hydrogen) atoms. The molecular formula is C26H29N3O4S. The van der Waals surface area contributed by atoms with Gasteiger partial charge in [-0.3, -0.25) is 9.59 Å². The van der Waals surface area contributed by atoms with Crippen molar-refractivity contribution in [3.63, 3.8) is 0 Å². The van der Waals surface area contributed by atoms with Crippen LogP contribution in [0.4, 0.5) is 0 Å². The monoisotopic (exact) mass is 479 g/mol. The average molecular weight is 480 g/mol. The van der Waals surface area contributed by atoms with Gasteiger partial charge in [-0.1, -0.05) is 24.3 Å². The number of aromatic nitrogens is 2. The van der Waals surface area contributed by atoms with Gasteiger partial charge in [0.15, 0.2) is 5.78 Å². The summed E-state index contributed by atoms with van der Waals surface area (Å²) >= 11 is 0. The summed E-state index contributed by atoms with van der Waals surface area (Å²) in [7, 11) is -3.61. The molecule has 0 aliphatic carbocycles. The fourth-order valence-electron chi connectivity index (χ4n) is 4.21. The molecule has 2 aromatic carbocycles. The van der Waals surface area contributed by atoms with Crippen LogP contribution >= 0.6 is 0 Å². The molecule has 0 saturated carbocycles. The summed E-state index contributed by atoms with van der Waals surface area (Å²) in [6.45, 7) is 8.37. The Hall–Kier alpha value is -3.10. The molecule has 1 aromatic heterocycles. The molecule has 1 aliphatic heterocycles. The van der Waals surface area contributed by atoms with Gasteiger partial charge < -0.3 is 0 Å². The van der Waals surface area contributed by atoms with E-state index in [9.17, 15) is 18.0 Å². The Kier molecular flexibility index (Phi) is 6.55. The van der Waals surface area contributed by atoms with Crippen LogP contribution in [0.5, 0.6) is 0 Å². The van der Waals surface area contributed by atoms with Crippen LogP contribution in [0.25, 0.3) is 11.3 Å². The lowest BCUT2D eigenvalue weighted by Gasteiger charge is -2.18. The first kappa shape index (κ1) is 24.0. The van der Waals surface area contributed by atoms with Crippen LogP contribution < -0.4 is 5.56 Å². The topological polar surface area (TPSA) is 89.3 Å². The van der Waals surface area contributed by atoms with Gasteiger partial charge in [0.25, 0.3) is 5.56 Å². The Morgan fingerprint density at radius 1 is 0.912 bits per heavy atom. The van der Waals surface area contributed by atoms with Crippen molar-refractivity contribution >= 4 is 15.8 Å². The third-order valence-corrected chi connectivity index (χ3v) is 8.57. The zero-order chi connectivity index (χ0) is 24.6. The van der Waals surface area contributed by atoms with E-state index in [2.05, 4.69) is 5.10 Å². The van der Waals surface area contributed by atoms with E-state index in [4.69, 9.17) is 0 Å². The Morgan fingerprint density at radius 2 is 1.59 bits per heavy atom. The molecule has 1 saturated heterocycles. The summed E-state index contributed by atoms with van der Waals surface area (Å²) in [6.07, 6.45) is 1.72. The second kappa shape index (κ2) is 9.27. The standard InChI is InChI=1S/C26H29N3O4S/c1-17-7-10-22(15-19(17)3)26(31)20(4)29-25(30)12-11-23(27-29)21-9-8-18(2)24(16-21)34(32,33)28-13-5-6-14-28/h7-12,15-16,20H,5-6,13-14H2,1-4H3/t20-/m0/s1. The quantitative estimate of drug-likeness (QED) is 0.498. The van der Waals surface area contributed by atoms with Crippen LogP contribution in [0.1, 0.15) is 52.9 Å². The number of aryl methyl sites for hydroxylation is 3. The van der Waals surface area contributed by atoms with Crippen molar-refractivity contribution in [2.24, 2.45) is 0 Å². The fourth-order valence-corrected chi connectivity index (χ4v) is 5.98. The number of carbonyl (C=O) groups is 1. The maximum absolute atomic E-state index is 13.2. The highest BCUT2D eigenvalue weighted by Crippen LogP contribution is 2.28. The molecule has 0 unspecified atom stereocenters. The van der Waals surface area contributed by atoms with Crippen molar-refractivity contribution in [1.82, 2.24) is 14.1 Å². The molecule has 1 aliphatic rings. The minimum absolute atomic E-state index is 0.212. The van der Waals surface area contributed by atoms with Crippen LogP contribution in [0.2, 0.25) is 0 Å². The van der Waals surface area contributed by atoms with Crippen LogP contribution in [0, 0.1) is 20.8 Å². The van der Waals surface area contributed by atoms with Gasteiger partial charge in [-0.25, -0.2) is 13.1 Å². The van der Waals surface area contributed by atoms with E-state index in [-0.39, 0.29) is 10.7 Å². The largest absolute Gasteiger partial charge is 0.292 e. The van der Waals surface area contributed by atoms with Crippen LogP contribution in [-0.4, -0.2) is 41.4 Å². The van der Waals surface area contributed by atoms with Crippen LogP contribution in [-0.2, 0) is 10.0 Å². The smallest absolute Gasteiger partial charge is 0.267 e. The lowest BCUT2D eigenvalue weighted by molar-refractivity contribution is 0.0925. The first-order valence-corrected chi connectivity index (χ1v) is 12.9. The summed E-state index contributed by atoms with van der Waals surface area (Å²) in [5.41, 5.74) is 3.86. The molecular weight excluding hydrogens is 450 g/mol. The van der Waals surface area contributed by atoms with E-state index in [1.807, 2.05) is 26.0 Å². The van der Waals surface area contributed by atoms with Crippen LogP contribution in [0.3, 0.4) is 0 Å². The zero-order valence-corrected chi connectivity index (χ0v) is 20.7. The van der Waals surface area contributed by atoms with E-state index in [1.54, 1.807) is 44.2 Å². The molecule has 0 bridgehead atoms. The maximum atomic E-state index is 13.2. The second-order valence-corrected chi connectivity index (χ2v) is 10.8. The molecule has 1 fully saturated rings. The number of sulfonamides is 1. The number of hydrogen-bond donors (Lipinski definition) is 0. The number of hydrogen-bond acceptors (Lipinski definition) is 5. The first-order chi connectivity index (χ1) is 16.1. The van der Waals surface area contributed by atoms with Crippen molar-refractivity contribution < 1.29 is 13.2 Å². The first-order valence-electron chi connectivity index (χ1n) is 11.4. The lowest BCUT2D eigenvalue weighted by atomic mass is 10.0. The Balaban J connectivity index is 1.71. The van der Waals surface area contributed by atoms with Gasteiger partial charge in [-0.15, -0.1) is 0 Å². The molecule has 2 heterocycles. The summed E-state index contributed by atoms with van der Waals surface area (Å²) in [5.74, 6) is -0.212. The number of nitrogens with zero attached hydrogens (tertiary/aromatic N) is 3. The Bertz CT molecular complexity index is 1420. The van der Waals surface area contributed by atoms with Crippen molar-refractivity contribution in [1.29, 1.82) is 0 Å². The molecule has 1 atom stereocenters. The van der Waals surface area contributed by atoms with Gasteiger partial charge in [-0.05, 0) is 75.4 Å². The summed E-state index contributed by atoms with van der Waals surface area (Å²) < 4.78 is 29.0. The molecule has 0 spiro atoms. The SMILES string of the molecule is Cc1ccc(C(=O)[C@H](C)n2nc(-c3ccc(C)c(S(=O)(=O)N4CCCC4)c3)ccc2=O)cc1C. The molecule has 0 N–H and O–H groups in total. The maximum Gasteiger partial charge on any atom is 0.267 e. The number of rotatable bonds is 6. The van der Waals surface area contributed by atoms with Crippen molar-refractivity contribution in [3.8, 4) is 11.3 Å². The Morgan fingerprint density at radius 3 is 2.26 bits per heavy atom. The molecule has 3 aromatic rings. The predicted octanol–water partition coefficient (Wildman–Crippen LogP) is 4.06. The average Bonchev–Trinajstić information content (AvgIpc) is 3.37. The van der Waals surface area contributed by atoms with E-state index in [0.717, 1.165) is 24.0 Å². The number of Topliss-reactive ketones (excluding diaryl/α,β-unsaturated/α-hetero) is 1. The lowest BCUT2D eigenvalue weighted by Crippen LogP contribution is -2.30. The molecule has 0 amide bonds. The molecule has 8 heteroatoms. The van der Waals surface area contributed by atoms with E-state index >= 15 is 0 Å². The summed E-state index contributed by atoms with van der Waals surface area (Å²) in [6, 6.07) is 12.7. The van der Waals surface area contributed by atoms with Gasteiger partial charge in [0, 0.05) is 30.3 Å². The third-order valence-electron chi connectivity index (χ3n) is 6.53. The minimum Gasteiger partial charge on any atom is -0.292 e. The second-order valence-electron chi connectivity index (χ2n) is 8.93. The fraction of sp³-hybridized carbons (Fsp3) is 0.346. The van der Waals surface area contributed by atoms with Gasteiger partial charge in [-0.2, -0.15) is 9.40 Å². The number of ketones is 1. The van der Waals surface area contributed by atoms with Gasteiger partial charge in [0.2, 0.25) is 10.0 Å². The Labute approximate surface area is 200 Å². The van der Waals surface area contributed by atoms with E-state index in [0.29, 0.717) is 35.5 Å². The van der Waals surface area contributed by atoms with Gasteiger partial charge in [0.1, 0.15) is 6.04 Å². The van der Waals surface area contributed by atoms with E-state index in [1.165, 1.54) is 15.1 Å². The van der Waals surface area contributed by atoms with Crippen LogP contribution in [0.15, 0.2) is 58.2 Å². The molecule has 7 nitrogen and oxygen atoms in total. The molecule has 178 valence electrons. The zero-order valence-electron chi connectivity index (χ0n) is 19.9. The van der Waals surface area contributed by atoms with Gasteiger partial charge in [0.05, 0.1) is 10.6 Å². The normalized spacial score (nSPS) is 15.4. The number of carbonyl (C=O) groups excluding carboxylic acids is 1. The van der Waals surface area contributed by atoms with Crippen molar-refractivity contribution in [2.75, 3.05) is 13.1 Å². The summed E-state index contributed by atoms with van der Waals surface area (Å²) in [5, 5.41) is 4.45. The van der Waals surface area contributed by atoms with E-state index < -0.39 is 21.6 Å². The third kappa shape index (κ3) is 4.48. The highest BCUT2D eigenvalue weighted by atomic mass is 32.2. The molecule has 4 rings (SSSR count). The molecule has 0 radical (unpaired) electrons. The minimum atomic E-state index is -3.61. The highest BCUT2D eigenvalue weighted by Gasteiger charge is 2.29. The number of benzene rings is 2. The predicted molar refractivity (Wildman–Crippen MR) is 132 cm³/mol. The van der Waals surface area contributed by atoms with Crippen molar-refractivity contribution in [2.45, 2.75) is 51.5 Å².